The van der Waals surface area contributed by atoms with Crippen LogP contribution in [0, 0.1) is 12.8 Å². The zero-order chi connectivity index (χ0) is 13.9. The molecule has 0 radical (unpaired) electrons. The number of nitrogens with one attached hydrogen (secondary N) is 1. The van der Waals surface area contributed by atoms with Crippen LogP contribution < -0.4 is 4.72 Å². The van der Waals surface area contributed by atoms with Gasteiger partial charge in [0.25, 0.3) is 0 Å². The monoisotopic (exact) mass is 303 g/mol. The van der Waals surface area contributed by atoms with E-state index in [0.29, 0.717) is 5.69 Å². The molecule has 1 fully saturated rings. The fraction of sp³-hybridized carbons (Fsp3) is 0.667. The summed E-state index contributed by atoms with van der Waals surface area (Å²) in [4.78, 5) is 7.90. The van der Waals surface area contributed by atoms with Crippen LogP contribution in [0.5, 0.6) is 0 Å². The fourth-order valence-corrected chi connectivity index (χ4v) is 4.07. The summed E-state index contributed by atoms with van der Waals surface area (Å²) in [6, 6.07) is 1.58. The summed E-state index contributed by atoms with van der Waals surface area (Å²) in [5.41, 5.74) is 0.635. The summed E-state index contributed by atoms with van der Waals surface area (Å²) in [6.45, 7) is 1.74. The van der Waals surface area contributed by atoms with Gasteiger partial charge in [0, 0.05) is 5.69 Å². The third-order valence-corrected chi connectivity index (χ3v) is 4.85. The predicted octanol–water partition coefficient (Wildman–Crippen LogP) is 2.76. The number of sulfonamides is 1. The van der Waals surface area contributed by atoms with Gasteiger partial charge in [0.2, 0.25) is 16.0 Å². The van der Waals surface area contributed by atoms with Crippen molar-refractivity contribution < 1.29 is 8.42 Å². The number of halogens is 1. The van der Waals surface area contributed by atoms with Crippen LogP contribution in [0.1, 0.15) is 37.8 Å². The van der Waals surface area contributed by atoms with Crippen LogP contribution in [-0.2, 0) is 10.0 Å². The molecule has 1 N–H and O–H groups in total. The second-order valence-electron chi connectivity index (χ2n) is 5.04. The number of rotatable bonds is 4. The molecule has 0 saturated heterocycles. The van der Waals surface area contributed by atoms with E-state index in [1.54, 1.807) is 13.0 Å². The van der Waals surface area contributed by atoms with E-state index >= 15 is 0 Å². The van der Waals surface area contributed by atoms with Crippen molar-refractivity contribution >= 4 is 27.6 Å². The predicted molar refractivity (Wildman–Crippen MR) is 75.8 cm³/mol. The number of aryl methyl sites for hydroxylation is 1. The molecule has 0 unspecified atom stereocenters. The molecule has 7 heteroatoms. The first-order valence-corrected chi connectivity index (χ1v) is 8.49. The van der Waals surface area contributed by atoms with E-state index in [0.717, 1.165) is 25.7 Å². The lowest BCUT2D eigenvalue weighted by Crippen LogP contribution is -2.25. The van der Waals surface area contributed by atoms with Gasteiger partial charge < -0.3 is 0 Å². The molecular weight excluding hydrogens is 286 g/mol. The zero-order valence-electron chi connectivity index (χ0n) is 10.9. The highest BCUT2D eigenvalue weighted by Crippen LogP contribution is 2.25. The number of anilines is 1. The van der Waals surface area contributed by atoms with Gasteiger partial charge in [-0.15, -0.1) is 0 Å². The Morgan fingerprint density at radius 3 is 2.63 bits per heavy atom. The molecular formula is C12H18ClN3O2S. The molecule has 106 valence electrons. The molecule has 0 atom stereocenters. The van der Waals surface area contributed by atoms with Crippen LogP contribution >= 0.6 is 11.6 Å². The SMILES string of the molecule is Cc1cc(Cl)nc(NS(=O)(=O)CC2CCCCC2)n1. The summed E-state index contributed by atoms with van der Waals surface area (Å²) < 4.78 is 26.5. The molecule has 0 bridgehead atoms. The molecule has 1 aromatic rings. The van der Waals surface area contributed by atoms with Crippen molar-refractivity contribution in [1.29, 1.82) is 0 Å². The van der Waals surface area contributed by atoms with Crippen LogP contribution in [0.3, 0.4) is 0 Å². The number of hydrogen-bond acceptors (Lipinski definition) is 4. The lowest BCUT2D eigenvalue weighted by Gasteiger charge is -2.21. The van der Waals surface area contributed by atoms with Crippen molar-refractivity contribution in [2.24, 2.45) is 5.92 Å². The summed E-state index contributed by atoms with van der Waals surface area (Å²) in [5.74, 6) is 0.439. The van der Waals surface area contributed by atoms with E-state index in [1.807, 2.05) is 0 Å². The quantitative estimate of drug-likeness (QED) is 0.868. The Balaban J connectivity index is 2.03. The highest BCUT2D eigenvalue weighted by atomic mass is 35.5. The van der Waals surface area contributed by atoms with Gasteiger partial charge in [0.1, 0.15) is 5.15 Å². The lowest BCUT2D eigenvalue weighted by molar-refractivity contribution is 0.385. The normalized spacial score (nSPS) is 17.4. The van der Waals surface area contributed by atoms with Crippen molar-refractivity contribution in [3.8, 4) is 0 Å². The highest BCUT2D eigenvalue weighted by molar-refractivity contribution is 7.92. The maximum atomic E-state index is 12.1. The van der Waals surface area contributed by atoms with Gasteiger partial charge in [-0.1, -0.05) is 30.9 Å². The molecule has 0 aromatic carbocycles. The summed E-state index contributed by atoms with van der Waals surface area (Å²) in [7, 11) is -3.40. The summed E-state index contributed by atoms with van der Waals surface area (Å²) >= 11 is 5.78. The minimum Gasteiger partial charge on any atom is -0.251 e. The van der Waals surface area contributed by atoms with Crippen molar-refractivity contribution in [2.75, 3.05) is 10.5 Å². The molecule has 0 spiro atoms. The maximum Gasteiger partial charge on any atom is 0.238 e. The fourth-order valence-electron chi connectivity index (χ4n) is 2.42. The van der Waals surface area contributed by atoms with Gasteiger partial charge in [-0.25, -0.2) is 18.4 Å². The Morgan fingerprint density at radius 2 is 2.00 bits per heavy atom. The molecule has 1 saturated carbocycles. The topological polar surface area (TPSA) is 72.0 Å². The van der Waals surface area contributed by atoms with E-state index in [-0.39, 0.29) is 22.8 Å². The van der Waals surface area contributed by atoms with Gasteiger partial charge in [-0.2, -0.15) is 0 Å². The average Bonchev–Trinajstić information content (AvgIpc) is 2.27. The molecule has 1 heterocycles. The molecule has 0 amide bonds. The Hall–Kier alpha value is -0.880. The molecule has 2 rings (SSSR count). The molecule has 1 aliphatic carbocycles. The summed E-state index contributed by atoms with van der Waals surface area (Å²) in [5, 5.41) is 0.239. The van der Waals surface area contributed by atoms with E-state index in [1.165, 1.54) is 6.42 Å². The van der Waals surface area contributed by atoms with E-state index < -0.39 is 10.0 Å². The van der Waals surface area contributed by atoms with Crippen molar-refractivity contribution in [2.45, 2.75) is 39.0 Å². The minimum atomic E-state index is -3.40. The molecule has 1 aliphatic rings. The van der Waals surface area contributed by atoms with Gasteiger partial charge >= 0.3 is 0 Å². The minimum absolute atomic E-state index is 0.0563. The van der Waals surface area contributed by atoms with Gasteiger partial charge in [-0.3, -0.25) is 4.72 Å². The smallest absolute Gasteiger partial charge is 0.238 e. The number of aromatic nitrogens is 2. The lowest BCUT2D eigenvalue weighted by atomic mass is 9.91. The Bertz CT molecular complexity index is 522. The number of hydrogen-bond donors (Lipinski definition) is 1. The zero-order valence-corrected chi connectivity index (χ0v) is 12.5. The molecule has 1 aromatic heterocycles. The standard InChI is InChI=1S/C12H18ClN3O2S/c1-9-7-11(13)15-12(14-9)16-19(17,18)8-10-5-3-2-4-6-10/h7,10H,2-6,8H2,1H3,(H,14,15,16). The van der Waals surface area contributed by atoms with Gasteiger partial charge in [0.15, 0.2) is 0 Å². The van der Waals surface area contributed by atoms with Gasteiger partial charge in [0.05, 0.1) is 5.75 Å². The van der Waals surface area contributed by atoms with Crippen LogP contribution in [0.4, 0.5) is 5.95 Å². The Kier molecular flexibility index (Phi) is 4.62. The third kappa shape index (κ3) is 4.62. The Morgan fingerprint density at radius 1 is 1.32 bits per heavy atom. The Labute approximate surface area is 118 Å². The largest absolute Gasteiger partial charge is 0.251 e. The van der Waals surface area contributed by atoms with Crippen LogP contribution in [0.2, 0.25) is 5.15 Å². The first-order valence-electron chi connectivity index (χ1n) is 6.46. The van der Waals surface area contributed by atoms with Crippen molar-refractivity contribution in [1.82, 2.24) is 9.97 Å². The van der Waals surface area contributed by atoms with E-state index in [4.69, 9.17) is 11.6 Å². The molecule has 19 heavy (non-hydrogen) atoms. The van der Waals surface area contributed by atoms with Crippen molar-refractivity contribution in [3.63, 3.8) is 0 Å². The van der Waals surface area contributed by atoms with Gasteiger partial charge in [-0.05, 0) is 31.7 Å². The van der Waals surface area contributed by atoms with E-state index in [9.17, 15) is 8.42 Å². The second kappa shape index (κ2) is 6.05. The first kappa shape index (κ1) is 14.5. The van der Waals surface area contributed by atoms with Crippen LogP contribution in [0.15, 0.2) is 6.07 Å². The summed E-state index contributed by atoms with van der Waals surface area (Å²) in [6.07, 6.45) is 5.41. The maximum absolute atomic E-state index is 12.1. The molecule has 0 aliphatic heterocycles. The third-order valence-electron chi connectivity index (χ3n) is 3.25. The highest BCUT2D eigenvalue weighted by Gasteiger charge is 2.22. The van der Waals surface area contributed by atoms with E-state index in [2.05, 4.69) is 14.7 Å². The molecule has 5 nitrogen and oxygen atoms in total. The van der Waals surface area contributed by atoms with Crippen LogP contribution in [-0.4, -0.2) is 24.1 Å². The van der Waals surface area contributed by atoms with Crippen molar-refractivity contribution in [3.05, 3.63) is 16.9 Å². The first-order chi connectivity index (χ1) is 8.94. The van der Waals surface area contributed by atoms with Crippen LogP contribution in [0.25, 0.3) is 0 Å². The second-order valence-corrected chi connectivity index (χ2v) is 7.20. The average molecular weight is 304 g/mol. The number of nitrogens with zero attached hydrogens (tertiary/aromatic N) is 2.